The van der Waals surface area contributed by atoms with Gasteiger partial charge in [0.15, 0.2) is 5.11 Å². The molecule has 0 amide bonds. The summed E-state index contributed by atoms with van der Waals surface area (Å²) in [5, 5.41) is 5.46. The average molecular weight is 382 g/mol. The minimum absolute atomic E-state index is 0.0270. The second kappa shape index (κ2) is 6.58. The van der Waals surface area contributed by atoms with E-state index in [-0.39, 0.29) is 11.6 Å². The fraction of sp³-hybridized carbons (Fsp3) is 0.389. The molecule has 128 valence electrons. The van der Waals surface area contributed by atoms with Crippen LogP contribution in [0.5, 0.6) is 0 Å². The number of hydrogen-bond acceptors (Lipinski definition) is 1. The molecule has 0 unspecified atom stereocenters. The zero-order valence-electron chi connectivity index (χ0n) is 14.0. The molecular weight excluding hydrogens is 361 g/mol. The van der Waals surface area contributed by atoms with Crippen LogP contribution < -0.4 is 5.32 Å². The lowest BCUT2D eigenvalue weighted by Gasteiger charge is -2.41. The molecule has 0 fully saturated rings. The van der Waals surface area contributed by atoms with E-state index in [2.05, 4.69) is 53.9 Å². The first-order valence-corrected chi connectivity index (χ1v) is 9.11. The molecule has 1 N–H and O–H groups in total. The Morgan fingerprint density at radius 1 is 1.21 bits per heavy atom. The van der Waals surface area contributed by atoms with Crippen molar-refractivity contribution in [2.45, 2.75) is 38.9 Å². The maximum absolute atomic E-state index is 6.52. The van der Waals surface area contributed by atoms with Crippen LogP contribution in [0.1, 0.15) is 38.1 Å². The van der Waals surface area contributed by atoms with Crippen LogP contribution in [-0.2, 0) is 6.54 Å². The fourth-order valence-corrected chi connectivity index (χ4v) is 4.06. The highest BCUT2D eigenvalue weighted by atomic mass is 35.5. The average Bonchev–Trinajstić information content (AvgIpc) is 2.93. The van der Waals surface area contributed by atoms with Gasteiger partial charge in [-0.2, -0.15) is 0 Å². The van der Waals surface area contributed by atoms with Gasteiger partial charge in [-0.25, -0.2) is 0 Å². The molecule has 1 aromatic heterocycles. The zero-order valence-corrected chi connectivity index (χ0v) is 16.3. The summed E-state index contributed by atoms with van der Waals surface area (Å²) in [4.78, 5) is 2.21. The summed E-state index contributed by atoms with van der Waals surface area (Å²) in [5.41, 5.74) is 2.10. The summed E-state index contributed by atoms with van der Waals surface area (Å²) in [5.74, 6) is 0. The maximum Gasteiger partial charge on any atom is 0.170 e. The minimum Gasteiger partial charge on any atom is -0.358 e. The molecule has 1 aromatic carbocycles. The van der Waals surface area contributed by atoms with Gasteiger partial charge in [0.25, 0.3) is 0 Å². The van der Waals surface area contributed by atoms with Crippen LogP contribution in [-0.4, -0.2) is 26.7 Å². The Balaban J connectivity index is 2.04. The molecule has 3 nitrogen and oxygen atoms in total. The number of aromatic nitrogens is 1. The Labute approximate surface area is 158 Å². The van der Waals surface area contributed by atoms with Crippen molar-refractivity contribution >= 4 is 40.5 Å². The Bertz CT molecular complexity index is 764. The summed E-state index contributed by atoms with van der Waals surface area (Å²) in [6.45, 7) is 8.05. The lowest BCUT2D eigenvalue weighted by molar-refractivity contribution is 0.279. The second-order valence-corrected chi connectivity index (χ2v) is 8.30. The van der Waals surface area contributed by atoms with Crippen molar-refractivity contribution in [1.82, 2.24) is 14.8 Å². The molecule has 24 heavy (non-hydrogen) atoms. The van der Waals surface area contributed by atoms with Gasteiger partial charge in [-0.1, -0.05) is 29.3 Å². The molecule has 6 heteroatoms. The molecule has 2 heterocycles. The summed E-state index contributed by atoms with van der Waals surface area (Å²) < 4.78 is 2.26. The quantitative estimate of drug-likeness (QED) is 0.711. The first kappa shape index (κ1) is 17.6. The Morgan fingerprint density at radius 3 is 2.62 bits per heavy atom. The number of thiocarbonyl (C=S) groups is 1. The highest BCUT2D eigenvalue weighted by molar-refractivity contribution is 7.80. The number of rotatable bonds is 1. The summed E-state index contributed by atoms with van der Waals surface area (Å²) >= 11 is 18.3. The van der Waals surface area contributed by atoms with Gasteiger partial charge in [0.2, 0.25) is 0 Å². The van der Waals surface area contributed by atoms with Crippen LogP contribution in [0, 0.1) is 0 Å². The van der Waals surface area contributed by atoms with E-state index in [0.717, 1.165) is 23.8 Å². The molecule has 0 saturated heterocycles. The largest absolute Gasteiger partial charge is 0.358 e. The van der Waals surface area contributed by atoms with E-state index in [0.29, 0.717) is 10.0 Å². The van der Waals surface area contributed by atoms with E-state index in [1.54, 1.807) is 6.07 Å². The number of benzene rings is 1. The predicted octanol–water partition coefficient (Wildman–Crippen LogP) is 4.87. The van der Waals surface area contributed by atoms with Crippen LogP contribution in [0.15, 0.2) is 36.5 Å². The van der Waals surface area contributed by atoms with Crippen LogP contribution in [0.2, 0.25) is 10.0 Å². The van der Waals surface area contributed by atoms with E-state index < -0.39 is 0 Å². The van der Waals surface area contributed by atoms with Crippen LogP contribution in [0.4, 0.5) is 0 Å². The van der Waals surface area contributed by atoms with Gasteiger partial charge in [-0.05, 0) is 62.8 Å². The Hall–Kier alpha value is -1.23. The van der Waals surface area contributed by atoms with E-state index in [1.165, 1.54) is 5.69 Å². The van der Waals surface area contributed by atoms with Gasteiger partial charge in [0.1, 0.15) is 0 Å². The van der Waals surface area contributed by atoms with Crippen LogP contribution >= 0.6 is 35.4 Å². The van der Waals surface area contributed by atoms with Crippen LogP contribution in [0.25, 0.3) is 0 Å². The lowest BCUT2D eigenvalue weighted by atomic mass is 10.00. The molecule has 0 spiro atoms. The first-order chi connectivity index (χ1) is 11.3. The Kier molecular flexibility index (Phi) is 4.82. The lowest BCUT2D eigenvalue weighted by Crippen LogP contribution is -2.52. The fourth-order valence-electron chi connectivity index (χ4n) is 3.05. The van der Waals surface area contributed by atoms with Crippen molar-refractivity contribution in [3.63, 3.8) is 0 Å². The molecule has 1 aliphatic heterocycles. The third kappa shape index (κ3) is 3.56. The summed E-state index contributed by atoms with van der Waals surface area (Å²) in [6.07, 6.45) is 2.10. The summed E-state index contributed by atoms with van der Waals surface area (Å²) in [7, 11) is 0. The van der Waals surface area contributed by atoms with Crippen molar-refractivity contribution in [2.75, 3.05) is 6.54 Å². The van der Waals surface area contributed by atoms with Crippen molar-refractivity contribution in [3.8, 4) is 0 Å². The normalized spacial score (nSPS) is 17.5. The molecule has 0 aliphatic carbocycles. The first-order valence-electron chi connectivity index (χ1n) is 7.95. The maximum atomic E-state index is 6.52. The van der Waals surface area contributed by atoms with Gasteiger partial charge in [0, 0.05) is 40.6 Å². The monoisotopic (exact) mass is 381 g/mol. The van der Waals surface area contributed by atoms with Crippen molar-refractivity contribution < 1.29 is 0 Å². The van der Waals surface area contributed by atoms with E-state index in [1.807, 2.05) is 12.1 Å². The highest BCUT2D eigenvalue weighted by Crippen LogP contribution is 2.37. The number of nitrogens with one attached hydrogen (secondary N) is 1. The molecule has 2 aromatic rings. The number of nitrogens with zero attached hydrogens (tertiary/aromatic N) is 2. The molecule has 1 aliphatic rings. The smallest absolute Gasteiger partial charge is 0.170 e. The molecule has 0 radical (unpaired) electrons. The topological polar surface area (TPSA) is 20.2 Å². The second-order valence-electron chi connectivity index (χ2n) is 7.07. The minimum atomic E-state index is -0.0924. The van der Waals surface area contributed by atoms with Crippen molar-refractivity contribution in [1.29, 1.82) is 0 Å². The van der Waals surface area contributed by atoms with Gasteiger partial charge in [-0.15, -0.1) is 0 Å². The van der Waals surface area contributed by atoms with Gasteiger partial charge in [0.05, 0.1) is 6.04 Å². The number of hydrogen-bond donors (Lipinski definition) is 1. The predicted molar refractivity (Wildman–Crippen MR) is 105 cm³/mol. The molecule has 1 atom stereocenters. The Morgan fingerprint density at radius 2 is 1.96 bits per heavy atom. The van der Waals surface area contributed by atoms with E-state index >= 15 is 0 Å². The standard InChI is InChI=1S/C18H21Cl2N3S/c1-18(2,3)21-17(24)23-10-9-22-8-4-5-15(22)16(23)13-7-6-12(19)11-14(13)20/h4-8,11,16H,9-10H2,1-3H3,(H,21,24)/t16-/m0/s1. The summed E-state index contributed by atoms with van der Waals surface area (Å²) in [6, 6.07) is 9.82. The third-order valence-electron chi connectivity index (χ3n) is 4.04. The van der Waals surface area contributed by atoms with Gasteiger partial charge >= 0.3 is 0 Å². The molecule has 3 rings (SSSR count). The SMILES string of the molecule is CC(C)(C)NC(=S)N1CCn2cccc2[C@@H]1c1ccc(Cl)cc1Cl. The van der Waals surface area contributed by atoms with E-state index in [9.17, 15) is 0 Å². The van der Waals surface area contributed by atoms with Crippen molar-refractivity contribution in [2.24, 2.45) is 0 Å². The highest BCUT2D eigenvalue weighted by Gasteiger charge is 2.32. The van der Waals surface area contributed by atoms with Gasteiger partial charge < -0.3 is 14.8 Å². The van der Waals surface area contributed by atoms with Crippen molar-refractivity contribution in [3.05, 3.63) is 57.8 Å². The number of halogens is 2. The zero-order chi connectivity index (χ0) is 17.5. The van der Waals surface area contributed by atoms with Gasteiger partial charge in [-0.3, -0.25) is 0 Å². The molecule has 0 saturated carbocycles. The number of fused-ring (bicyclic) bond motifs is 1. The molecule has 0 bridgehead atoms. The van der Waals surface area contributed by atoms with Crippen LogP contribution in [0.3, 0.4) is 0 Å². The molecular formula is C18H21Cl2N3S. The van der Waals surface area contributed by atoms with E-state index in [4.69, 9.17) is 35.4 Å². The third-order valence-corrected chi connectivity index (χ3v) is 4.94.